The van der Waals surface area contributed by atoms with E-state index in [2.05, 4.69) is 15.3 Å². The van der Waals surface area contributed by atoms with Gasteiger partial charge in [0.15, 0.2) is 11.6 Å². The number of aromatic nitrogens is 4. The number of hydrogen-bond acceptors (Lipinski definition) is 6. The van der Waals surface area contributed by atoms with Crippen molar-refractivity contribution < 1.29 is 23.0 Å². The molecule has 2 aromatic carbocycles. The van der Waals surface area contributed by atoms with Crippen molar-refractivity contribution in [2.45, 2.75) is 6.42 Å². The average Bonchev–Trinajstić information content (AvgIpc) is 3.57. The molecule has 11 heteroatoms. The lowest BCUT2D eigenvalue weighted by Crippen LogP contribution is -2.29. The zero-order chi connectivity index (χ0) is 25.9. The maximum Gasteiger partial charge on any atom is 0.258 e. The molecule has 0 saturated carbocycles. The van der Waals surface area contributed by atoms with E-state index in [9.17, 15) is 18.4 Å². The Labute approximate surface area is 210 Å². The van der Waals surface area contributed by atoms with Crippen molar-refractivity contribution in [2.75, 3.05) is 40.0 Å². The number of pyridine rings is 1. The first kappa shape index (κ1) is 24.7. The summed E-state index contributed by atoms with van der Waals surface area (Å²) in [4.78, 5) is 29.8. The van der Waals surface area contributed by atoms with E-state index in [1.165, 1.54) is 10.7 Å². The molecule has 9 nitrogen and oxygen atoms in total. The number of nitrogens with one attached hydrogen (secondary N) is 1. The number of rotatable bonds is 8. The molecule has 0 spiro atoms. The van der Waals surface area contributed by atoms with Crippen molar-refractivity contribution in [2.24, 2.45) is 5.92 Å². The Balaban J connectivity index is 1.28. The van der Waals surface area contributed by atoms with Crippen LogP contribution in [0.5, 0.6) is 0 Å². The number of fused-ring (bicyclic) bond motifs is 1. The fraction of sp³-hybridized carbons (Fsp3) is 0.308. The average molecular weight is 510 g/mol. The van der Waals surface area contributed by atoms with E-state index in [1.807, 2.05) is 4.90 Å². The number of carbonyl (C=O) groups excluding carboxylic acids is 1. The van der Waals surface area contributed by atoms with Gasteiger partial charge < -0.3 is 19.4 Å². The van der Waals surface area contributed by atoms with Gasteiger partial charge in [-0.25, -0.2) is 13.5 Å². The quantitative estimate of drug-likeness (QED) is 0.366. The van der Waals surface area contributed by atoms with E-state index < -0.39 is 17.2 Å². The summed E-state index contributed by atoms with van der Waals surface area (Å²) < 4.78 is 39.2. The standard InChI is InChI=1S/C26H25F2N5O4/c1-36-8-9-37-15-16-6-7-32(13-16)26(35)17-2-4-19(5-3-17)33-14-24(30-31-33)20-10-18-11-21(27)22(28)12-23(18)29-25(20)34/h2-5,10-12,14,16H,6-9,13,15H2,1H3,(H,29,34). The topological polar surface area (TPSA) is 102 Å². The summed E-state index contributed by atoms with van der Waals surface area (Å²) in [6.45, 7) is 3.03. The molecule has 1 atom stereocenters. The number of ether oxygens (including phenoxy) is 2. The smallest absolute Gasteiger partial charge is 0.258 e. The number of halogens is 2. The molecule has 1 unspecified atom stereocenters. The normalized spacial score (nSPS) is 15.5. The highest BCUT2D eigenvalue weighted by atomic mass is 19.2. The van der Waals surface area contributed by atoms with Gasteiger partial charge in [-0.15, -0.1) is 5.10 Å². The fourth-order valence-corrected chi connectivity index (χ4v) is 4.39. The summed E-state index contributed by atoms with van der Waals surface area (Å²) in [6.07, 6.45) is 2.45. The Kier molecular flexibility index (Phi) is 7.06. The van der Waals surface area contributed by atoms with Gasteiger partial charge in [0.05, 0.1) is 42.8 Å². The maximum absolute atomic E-state index is 13.7. The number of amides is 1. The lowest BCUT2D eigenvalue weighted by molar-refractivity contribution is 0.0515. The second-order valence-corrected chi connectivity index (χ2v) is 8.93. The van der Waals surface area contributed by atoms with Crippen LogP contribution in [0.2, 0.25) is 0 Å². The van der Waals surface area contributed by atoms with Crippen molar-refractivity contribution in [3.05, 3.63) is 76.2 Å². The number of benzene rings is 2. The Morgan fingerprint density at radius 2 is 1.92 bits per heavy atom. The minimum absolute atomic E-state index is 0.0448. The Morgan fingerprint density at radius 3 is 2.70 bits per heavy atom. The second-order valence-electron chi connectivity index (χ2n) is 8.93. The van der Waals surface area contributed by atoms with Gasteiger partial charge in [-0.2, -0.15) is 0 Å². The van der Waals surface area contributed by atoms with Crippen molar-refractivity contribution in [3.8, 4) is 16.9 Å². The molecular weight excluding hydrogens is 484 g/mol. The zero-order valence-electron chi connectivity index (χ0n) is 20.1. The number of aromatic amines is 1. The molecule has 5 rings (SSSR count). The monoisotopic (exact) mass is 509 g/mol. The van der Waals surface area contributed by atoms with Crippen LogP contribution in [0.25, 0.3) is 27.8 Å². The van der Waals surface area contributed by atoms with Crippen molar-refractivity contribution in [1.82, 2.24) is 24.9 Å². The van der Waals surface area contributed by atoms with Gasteiger partial charge in [-0.3, -0.25) is 9.59 Å². The molecule has 0 bridgehead atoms. The second kappa shape index (κ2) is 10.6. The first-order valence-corrected chi connectivity index (χ1v) is 11.8. The van der Waals surface area contributed by atoms with E-state index >= 15 is 0 Å². The highest BCUT2D eigenvalue weighted by Crippen LogP contribution is 2.22. The van der Waals surface area contributed by atoms with Crippen LogP contribution in [0.15, 0.2) is 53.5 Å². The number of nitrogens with zero attached hydrogens (tertiary/aromatic N) is 4. The molecule has 4 aromatic rings. The highest BCUT2D eigenvalue weighted by Gasteiger charge is 2.27. The summed E-state index contributed by atoms with van der Waals surface area (Å²) >= 11 is 0. The molecule has 37 heavy (non-hydrogen) atoms. The summed E-state index contributed by atoms with van der Waals surface area (Å²) in [5, 5.41) is 8.48. The van der Waals surface area contributed by atoms with Crippen LogP contribution < -0.4 is 5.56 Å². The number of carbonyl (C=O) groups is 1. The van der Waals surface area contributed by atoms with Gasteiger partial charge >= 0.3 is 0 Å². The minimum Gasteiger partial charge on any atom is -0.382 e. The maximum atomic E-state index is 13.7. The third kappa shape index (κ3) is 5.27. The van der Waals surface area contributed by atoms with Gasteiger partial charge in [0.1, 0.15) is 5.69 Å². The summed E-state index contributed by atoms with van der Waals surface area (Å²) in [7, 11) is 1.63. The number of methoxy groups -OCH3 is 1. The predicted molar refractivity (Wildman–Crippen MR) is 132 cm³/mol. The predicted octanol–water partition coefficient (Wildman–Crippen LogP) is 3.18. The molecule has 1 saturated heterocycles. The van der Waals surface area contributed by atoms with Crippen LogP contribution in [0.1, 0.15) is 16.8 Å². The van der Waals surface area contributed by atoms with Gasteiger partial charge in [-0.05, 0) is 42.8 Å². The van der Waals surface area contributed by atoms with E-state index in [0.29, 0.717) is 55.5 Å². The van der Waals surface area contributed by atoms with Crippen molar-refractivity contribution >= 4 is 16.8 Å². The number of H-pyrrole nitrogens is 1. The first-order chi connectivity index (χ1) is 17.9. The lowest BCUT2D eigenvalue weighted by atomic mass is 10.1. The molecule has 0 radical (unpaired) electrons. The number of likely N-dealkylation sites (tertiary alicyclic amines) is 1. The van der Waals surface area contributed by atoms with E-state index in [4.69, 9.17) is 9.47 Å². The molecule has 1 N–H and O–H groups in total. The van der Waals surface area contributed by atoms with Crippen LogP contribution in [0.3, 0.4) is 0 Å². The van der Waals surface area contributed by atoms with Crippen LogP contribution in [0, 0.1) is 17.6 Å². The summed E-state index contributed by atoms with van der Waals surface area (Å²) in [5.74, 6) is -1.79. The lowest BCUT2D eigenvalue weighted by Gasteiger charge is -2.17. The molecule has 1 aliphatic heterocycles. The minimum atomic E-state index is -1.04. The SMILES string of the molecule is COCCOCC1CCN(C(=O)c2ccc(-n3cc(-c4cc5cc(F)c(F)cc5[nH]c4=O)nn3)cc2)C1. The zero-order valence-corrected chi connectivity index (χ0v) is 20.1. The van der Waals surface area contributed by atoms with Crippen LogP contribution in [-0.4, -0.2) is 70.8 Å². The molecule has 1 amide bonds. The van der Waals surface area contributed by atoms with Gasteiger partial charge in [0, 0.05) is 43.1 Å². The molecular formula is C26H25F2N5O4. The van der Waals surface area contributed by atoms with Gasteiger partial charge in [0.2, 0.25) is 0 Å². The third-order valence-electron chi connectivity index (χ3n) is 6.39. The first-order valence-electron chi connectivity index (χ1n) is 11.8. The van der Waals surface area contributed by atoms with E-state index in [-0.39, 0.29) is 22.7 Å². The largest absolute Gasteiger partial charge is 0.382 e. The van der Waals surface area contributed by atoms with E-state index in [0.717, 1.165) is 18.6 Å². The third-order valence-corrected chi connectivity index (χ3v) is 6.39. The highest BCUT2D eigenvalue weighted by molar-refractivity contribution is 5.94. The van der Waals surface area contributed by atoms with Crippen molar-refractivity contribution in [1.29, 1.82) is 0 Å². The van der Waals surface area contributed by atoms with Crippen molar-refractivity contribution in [3.63, 3.8) is 0 Å². The molecule has 3 heterocycles. The Bertz CT molecular complexity index is 1480. The fourth-order valence-electron chi connectivity index (χ4n) is 4.39. The molecule has 192 valence electrons. The van der Waals surface area contributed by atoms with Gasteiger partial charge in [-0.1, -0.05) is 5.21 Å². The Hall–Kier alpha value is -3.96. The Morgan fingerprint density at radius 1 is 1.14 bits per heavy atom. The summed E-state index contributed by atoms with van der Waals surface area (Å²) in [5.41, 5.74) is 1.33. The molecule has 1 aliphatic rings. The van der Waals surface area contributed by atoms with Crippen LogP contribution >= 0.6 is 0 Å². The molecule has 2 aromatic heterocycles. The number of hydrogen-bond donors (Lipinski definition) is 1. The van der Waals surface area contributed by atoms with Crippen LogP contribution in [-0.2, 0) is 9.47 Å². The van der Waals surface area contributed by atoms with Gasteiger partial charge in [0.25, 0.3) is 11.5 Å². The van der Waals surface area contributed by atoms with E-state index in [1.54, 1.807) is 37.6 Å². The summed E-state index contributed by atoms with van der Waals surface area (Å²) in [6, 6.07) is 10.3. The molecule has 1 fully saturated rings. The van der Waals surface area contributed by atoms with Crippen LogP contribution in [0.4, 0.5) is 8.78 Å². The molecule has 0 aliphatic carbocycles.